The van der Waals surface area contributed by atoms with Gasteiger partial charge in [-0.15, -0.1) is 0 Å². The Kier molecular flexibility index (Phi) is 5.61. The third-order valence-electron chi connectivity index (χ3n) is 4.92. The molecule has 0 aliphatic carbocycles. The average molecular weight is 431 g/mol. The van der Waals surface area contributed by atoms with Gasteiger partial charge in [-0.1, -0.05) is 24.3 Å². The first-order valence-electron chi connectivity index (χ1n) is 9.42. The summed E-state index contributed by atoms with van der Waals surface area (Å²) in [6, 6.07) is 6.04. The first-order valence-corrected chi connectivity index (χ1v) is 9.42. The van der Waals surface area contributed by atoms with E-state index in [2.05, 4.69) is 15.5 Å². The number of carbonyl (C=O) groups is 1. The fraction of sp³-hybridized carbons (Fsp3) is 0.300. The maximum atomic E-state index is 13.0. The van der Waals surface area contributed by atoms with E-state index in [-0.39, 0.29) is 30.0 Å². The lowest BCUT2D eigenvalue weighted by Gasteiger charge is -2.15. The predicted octanol–water partition coefficient (Wildman–Crippen LogP) is 1.06. The van der Waals surface area contributed by atoms with Crippen molar-refractivity contribution in [2.24, 2.45) is 7.05 Å². The number of carbonyl (C=O) groups excluding carboxylic acids is 1. The molecule has 3 aromatic rings. The highest BCUT2D eigenvalue weighted by Gasteiger charge is 2.29. The zero-order valence-electron chi connectivity index (χ0n) is 16.4. The normalized spacial score (nSPS) is 18.5. The van der Waals surface area contributed by atoms with E-state index in [0.717, 1.165) is 4.68 Å². The minimum atomic E-state index is -2.62. The molecule has 9 nitrogen and oxygen atoms in total. The van der Waals surface area contributed by atoms with Crippen LogP contribution in [0, 0.1) is 0 Å². The molecular formula is C20H19F2N5O4. The van der Waals surface area contributed by atoms with E-state index in [9.17, 15) is 23.5 Å². The number of nitrogens with zero attached hydrogens (tertiary/aromatic N) is 4. The van der Waals surface area contributed by atoms with Gasteiger partial charge in [0, 0.05) is 18.2 Å². The SMILES string of the molecule is Cn1cc(-n2nc(-c3ccc(C(F)F)cc3)cc(C(=O)N[C@@H]3COC[C@@H]3O)c2=O)cn1. The van der Waals surface area contributed by atoms with Crippen LogP contribution >= 0.6 is 0 Å². The van der Waals surface area contributed by atoms with Crippen LogP contribution in [-0.2, 0) is 11.8 Å². The molecular weight excluding hydrogens is 412 g/mol. The maximum Gasteiger partial charge on any atom is 0.284 e. The number of aryl methyl sites for hydroxylation is 1. The summed E-state index contributed by atoms with van der Waals surface area (Å²) in [5.41, 5.74) is -0.0509. The fourth-order valence-corrected chi connectivity index (χ4v) is 3.22. The van der Waals surface area contributed by atoms with E-state index >= 15 is 0 Å². The number of ether oxygens (including phenoxy) is 1. The number of aromatic nitrogens is 4. The zero-order valence-corrected chi connectivity index (χ0v) is 16.4. The second kappa shape index (κ2) is 8.36. The molecule has 31 heavy (non-hydrogen) atoms. The Hall–Kier alpha value is -3.44. The summed E-state index contributed by atoms with van der Waals surface area (Å²) in [7, 11) is 1.66. The summed E-state index contributed by atoms with van der Waals surface area (Å²) in [6.07, 6.45) is -0.539. The van der Waals surface area contributed by atoms with E-state index in [1.54, 1.807) is 13.2 Å². The minimum Gasteiger partial charge on any atom is -0.388 e. The van der Waals surface area contributed by atoms with Crippen molar-refractivity contribution in [3.8, 4) is 16.9 Å². The van der Waals surface area contributed by atoms with Crippen molar-refractivity contribution in [2.45, 2.75) is 18.6 Å². The Morgan fingerprint density at radius 1 is 1.29 bits per heavy atom. The first-order chi connectivity index (χ1) is 14.8. The molecule has 11 heteroatoms. The van der Waals surface area contributed by atoms with Gasteiger partial charge >= 0.3 is 0 Å². The quantitative estimate of drug-likeness (QED) is 0.625. The van der Waals surface area contributed by atoms with Gasteiger partial charge in [0.05, 0.1) is 43.4 Å². The number of alkyl halides is 2. The highest BCUT2D eigenvalue weighted by molar-refractivity contribution is 5.95. The molecule has 0 unspecified atom stereocenters. The Morgan fingerprint density at radius 3 is 2.61 bits per heavy atom. The number of rotatable bonds is 5. The van der Waals surface area contributed by atoms with Crippen molar-refractivity contribution in [1.29, 1.82) is 0 Å². The number of aliphatic hydroxyl groups is 1. The summed E-state index contributed by atoms with van der Waals surface area (Å²) in [6.45, 7) is 0.208. The Bertz CT molecular complexity index is 1160. The lowest BCUT2D eigenvalue weighted by Crippen LogP contribution is -2.44. The molecule has 3 heterocycles. The molecule has 1 aliphatic heterocycles. The average Bonchev–Trinajstić information content (AvgIpc) is 3.36. The molecule has 0 bridgehead atoms. The van der Waals surface area contributed by atoms with Crippen molar-refractivity contribution in [3.05, 3.63) is 64.2 Å². The van der Waals surface area contributed by atoms with Gasteiger partial charge in [-0.05, 0) is 6.07 Å². The molecule has 0 saturated carbocycles. The Morgan fingerprint density at radius 2 is 2.03 bits per heavy atom. The van der Waals surface area contributed by atoms with E-state index < -0.39 is 30.0 Å². The predicted molar refractivity (Wildman–Crippen MR) is 105 cm³/mol. The van der Waals surface area contributed by atoms with Crippen molar-refractivity contribution in [1.82, 2.24) is 24.9 Å². The van der Waals surface area contributed by atoms with Gasteiger partial charge in [-0.2, -0.15) is 14.9 Å². The molecule has 0 radical (unpaired) electrons. The molecule has 2 N–H and O–H groups in total. The summed E-state index contributed by atoms with van der Waals surface area (Å²) in [4.78, 5) is 25.9. The lowest BCUT2D eigenvalue weighted by atomic mass is 10.1. The number of benzene rings is 1. The van der Waals surface area contributed by atoms with Crippen LogP contribution in [0.5, 0.6) is 0 Å². The number of hydrogen-bond acceptors (Lipinski definition) is 6. The topological polar surface area (TPSA) is 111 Å². The van der Waals surface area contributed by atoms with Crippen molar-refractivity contribution < 1.29 is 23.4 Å². The smallest absolute Gasteiger partial charge is 0.284 e. The van der Waals surface area contributed by atoms with Crippen molar-refractivity contribution in [2.75, 3.05) is 13.2 Å². The summed E-state index contributed by atoms with van der Waals surface area (Å²) in [5, 5.41) is 20.8. The van der Waals surface area contributed by atoms with E-state index in [4.69, 9.17) is 4.74 Å². The van der Waals surface area contributed by atoms with Gasteiger partial charge in [0.2, 0.25) is 0 Å². The molecule has 1 aromatic carbocycles. The second-order valence-corrected chi connectivity index (χ2v) is 7.14. The van der Waals surface area contributed by atoms with Gasteiger partial charge in [0.1, 0.15) is 11.3 Å². The van der Waals surface area contributed by atoms with Gasteiger partial charge in [0.15, 0.2) is 0 Å². The van der Waals surface area contributed by atoms with Gasteiger partial charge in [-0.3, -0.25) is 14.3 Å². The molecule has 4 rings (SSSR count). The molecule has 162 valence electrons. The standard InChI is InChI=1S/C20H19F2N5O4/c1-26-8-13(7-23-26)27-20(30)14(19(29)24-16-9-31-10-17(16)28)6-15(25-27)11-2-4-12(5-3-11)18(21)22/h2-8,16-18,28H,9-10H2,1H3,(H,24,29)/t16-,17+/m1/s1. The molecule has 2 aromatic heterocycles. The minimum absolute atomic E-state index is 0.0863. The molecule has 0 spiro atoms. The van der Waals surface area contributed by atoms with Crippen LogP contribution in [0.25, 0.3) is 16.9 Å². The highest BCUT2D eigenvalue weighted by atomic mass is 19.3. The van der Waals surface area contributed by atoms with Crippen LogP contribution in [0.15, 0.2) is 47.5 Å². The lowest BCUT2D eigenvalue weighted by molar-refractivity contribution is 0.0884. The first kappa shape index (κ1) is 20.8. The molecule has 1 amide bonds. The van der Waals surface area contributed by atoms with Crippen LogP contribution in [0.4, 0.5) is 8.78 Å². The maximum absolute atomic E-state index is 13.0. The summed E-state index contributed by atoms with van der Waals surface area (Å²) >= 11 is 0. The fourth-order valence-electron chi connectivity index (χ4n) is 3.22. The molecule has 2 atom stereocenters. The van der Waals surface area contributed by atoms with Gasteiger partial charge in [0.25, 0.3) is 17.9 Å². The number of amides is 1. The van der Waals surface area contributed by atoms with Crippen molar-refractivity contribution in [3.63, 3.8) is 0 Å². The third-order valence-corrected chi connectivity index (χ3v) is 4.92. The third kappa shape index (κ3) is 4.23. The zero-order chi connectivity index (χ0) is 22.1. The van der Waals surface area contributed by atoms with Crippen LogP contribution in [0.2, 0.25) is 0 Å². The van der Waals surface area contributed by atoms with E-state index in [0.29, 0.717) is 11.3 Å². The van der Waals surface area contributed by atoms with Gasteiger partial charge < -0.3 is 15.2 Å². The monoisotopic (exact) mass is 431 g/mol. The van der Waals surface area contributed by atoms with Crippen LogP contribution in [0.1, 0.15) is 22.3 Å². The van der Waals surface area contributed by atoms with E-state index in [1.807, 2.05) is 0 Å². The number of halogens is 2. The summed E-state index contributed by atoms with van der Waals surface area (Å²) in [5.74, 6) is -0.704. The summed E-state index contributed by atoms with van der Waals surface area (Å²) < 4.78 is 33.4. The Balaban J connectivity index is 1.78. The molecule has 1 saturated heterocycles. The number of hydrogen-bond donors (Lipinski definition) is 2. The Labute approximate surface area is 174 Å². The molecule has 1 aliphatic rings. The number of nitrogens with one attached hydrogen (secondary N) is 1. The van der Waals surface area contributed by atoms with Gasteiger partial charge in [-0.25, -0.2) is 8.78 Å². The number of aliphatic hydroxyl groups excluding tert-OH is 1. The second-order valence-electron chi connectivity index (χ2n) is 7.14. The molecule has 1 fully saturated rings. The van der Waals surface area contributed by atoms with E-state index in [1.165, 1.54) is 41.2 Å². The van der Waals surface area contributed by atoms with Crippen LogP contribution in [-0.4, -0.2) is 55.9 Å². The van der Waals surface area contributed by atoms with Crippen molar-refractivity contribution >= 4 is 5.91 Å². The largest absolute Gasteiger partial charge is 0.388 e. The highest BCUT2D eigenvalue weighted by Crippen LogP contribution is 2.23. The van der Waals surface area contributed by atoms with Crippen LogP contribution in [0.3, 0.4) is 0 Å². The van der Waals surface area contributed by atoms with Crippen LogP contribution < -0.4 is 10.9 Å².